The van der Waals surface area contributed by atoms with Gasteiger partial charge in [0, 0.05) is 5.39 Å². The van der Waals surface area contributed by atoms with Gasteiger partial charge >= 0.3 is 0 Å². The lowest BCUT2D eigenvalue weighted by molar-refractivity contribution is -0.655. The Labute approximate surface area is 168 Å². The van der Waals surface area contributed by atoms with E-state index in [4.69, 9.17) is 14.6 Å². The number of benzene rings is 4. The average molecular weight is 382 g/mol. The Kier molecular flexibility index (Phi) is 4.13. The Morgan fingerprint density at radius 1 is 0.724 bits per heavy atom. The monoisotopic (exact) mass is 382 g/mol. The van der Waals surface area contributed by atoms with Gasteiger partial charge in [0.25, 0.3) is 5.52 Å². The van der Waals surface area contributed by atoms with Crippen LogP contribution in [0.2, 0.25) is 0 Å². The molecular weight excluding hydrogens is 362 g/mol. The molecule has 0 atom stereocenters. The molecule has 0 amide bonds. The molecule has 0 radical (unpaired) electrons. The standard InChI is InChI=1S/C24H20N3O2/c1-28-20-12-8-18(9-13-20)26-23-16-7-17-5-3-4-6-22(17)24(23)25-27(26)19-10-14-21(29-2)15-11-19/h3-16H,1-2H3/q+1. The number of ether oxygens (including phenoxy) is 2. The van der Waals surface area contributed by atoms with E-state index in [1.165, 1.54) is 5.39 Å². The fourth-order valence-corrected chi connectivity index (χ4v) is 3.62. The van der Waals surface area contributed by atoms with E-state index >= 15 is 0 Å². The summed E-state index contributed by atoms with van der Waals surface area (Å²) in [5, 5.41) is 7.29. The lowest BCUT2D eigenvalue weighted by Gasteiger charge is -2.05. The second-order valence-corrected chi connectivity index (χ2v) is 6.75. The minimum Gasteiger partial charge on any atom is -0.497 e. The number of hydrogen-bond acceptors (Lipinski definition) is 3. The number of nitrogens with zero attached hydrogens (tertiary/aromatic N) is 3. The molecule has 0 aliphatic rings. The second-order valence-electron chi connectivity index (χ2n) is 6.75. The zero-order valence-corrected chi connectivity index (χ0v) is 16.2. The number of fused-ring (bicyclic) bond motifs is 3. The number of methoxy groups -OCH3 is 2. The van der Waals surface area contributed by atoms with Gasteiger partial charge in [-0.15, -0.1) is 4.68 Å². The molecule has 0 saturated carbocycles. The van der Waals surface area contributed by atoms with Crippen LogP contribution in [0.25, 0.3) is 33.2 Å². The zero-order valence-electron chi connectivity index (χ0n) is 16.2. The van der Waals surface area contributed by atoms with Crippen LogP contribution in [-0.4, -0.2) is 24.1 Å². The molecule has 0 fully saturated rings. The molecule has 0 saturated heterocycles. The average Bonchev–Trinajstić information content (AvgIpc) is 3.19. The summed E-state index contributed by atoms with van der Waals surface area (Å²) in [5.41, 5.74) is 3.93. The predicted molar refractivity (Wildman–Crippen MR) is 113 cm³/mol. The van der Waals surface area contributed by atoms with Crippen LogP contribution in [0.3, 0.4) is 0 Å². The van der Waals surface area contributed by atoms with Crippen molar-refractivity contribution in [3.05, 3.63) is 84.9 Å². The minimum atomic E-state index is 0.812. The first-order valence-electron chi connectivity index (χ1n) is 9.40. The van der Waals surface area contributed by atoms with E-state index < -0.39 is 0 Å². The van der Waals surface area contributed by atoms with Crippen LogP contribution in [0.1, 0.15) is 0 Å². The van der Waals surface area contributed by atoms with E-state index in [0.29, 0.717) is 0 Å². The first kappa shape index (κ1) is 17.3. The molecule has 29 heavy (non-hydrogen) atoms. The molecule has 142 valence electrons. The number of hydrogen-bond donors (Lipinski definition) is 0. The van der Waals surface area contributed by atoms with Crippen LogP contribution in [0.15, 0.2) is 84.9 Å². The molecule has 0 unspecified atom stereocenters. The summed E-state index contributed by atoms with van der Waals surface area (Å²) in [7, 11) is 3.34. The summed E-state index contributed by atoms with van der Waals surface area (Å²) < 4.78 is 12.8. The number of aromatic nitrogens is 3. The highest BCUT2D eigenvalue weighted by atomic mass is 16.5. The van der Waals surface area contributed by atoms with Gasteiger partial charge in [0.1, 0.15) is 17.2 Å². The highest BCUT2D eigenvalue weighted by Crippen LogP contribution is 2.24. The summed E-state index contributed by atoms with van der Waals surface area (Å²) in [6.07, 6.45) is 0. The van der Waals surface area contributed by atoms with Crippen molar-refractivity contribution in [2.75, 3.05) is 14.2 Å². The maximum Gasteiger partial charge on any atom is 0.257 e. The fraction of sp³-hybridized carbons (Fsp3) is 0.0833. The minimum absolute atomic E-state index is 0.812. The largest absolute Gasteiger partial charge is 0.497 e. The van der Waals surface area contributed by atoms with Gasteiger partial charge in [0.05, 0.1) is 19.3 Å². The normalized spacial score (nSPS) is 11.1. The molecule has 0 spiro atoms. The van der Waals surface area contributed by atoms with Crippen molar-refractivity contribution < 1.29 is 14.2 Å². The maximum absolute atomic E-state index is 5.33. The fourth-order valence-electron chi connectivity index (χ4n) is 3.62. The highest BCUT2D eigenvalue weighted by Gasteiger charge is 2.24. The molecule has 4 aromatic carbocycles. The van der Waals surface area contributed by atoms with Gasteiger partial charge in [0.15, 0.2) is 5.69 Å². The van der Waals surface area contributed by atoms with Gasteiger partial charge in [-0.25, -0.2) is 0 Å². The molecule has 5 nitrogen and oxygen atoms in total. The Morgan fingerprint density at radius 2 is 1.38 bits per heavy atom. The lowest BCUT2D eigenvalue weighted by atomic mass is 10.1. The van der Waals surface area contributed by atoms with Crippen molar-refractivity contribution >= 4 is 21.8 Å². The molecule has 0 N–H and O–H groups in total. The van der Waals surface area contributed by atoms with E-state index in [2.05, 4.69) is 28.9 Å². The predicted octanol–water partition coefficient (Wildman–Crippen LogP) is 4.47. The maximum atomic E-state index is 5.33. The van der Waals surface area contributed by atoms with E-state index in [0.717, 1.165) is 39.3 Å². The third-order valence-corrected chi connectivity index (χ3v) is 5.11. The first-order valence-corrected chi connectivity index (χ1v) is 9.40. The molecule has 5 rings (SSSR count). The summed E-state index contributed by atoms with van der Waals surface area (Å²) in [4.78, 5) is 1.93. The van der Waals surface area contributed by atoms with Crippen LogP contribution in [0.4, 0.5) is 0 Å². The van der Waals surface area contributed by atoms with E-state index in [1.807, 2.05) is 65.5 Å². The Bertz CT molecular complexity index is 1310. The molecule has 0 aliphatic heterocycles. The van der Waals surface area contributed by atoms with Gasteiger partial charge < -0.3 is 9.47 Å². The molecule has 5 aromatic rings. The van der Waals surface area contributed by atoms with Crippen molar-refractivity contribution in [2.45, 2.75) is 0 Å². The lowest BCUT2D eigenvalue weighted by Crippen LogP contribution is -2.40. The van der Waals surface area contributed by atoms with Crippen molar-refractivity contribution in [2.24, 2.45) is 0 Å². The van der Waals surface area contributed by atoms with Crippen molar-refractivity contribution in [1.29, 1.82) is 0 Å². The Hall–Kier alpha value is -3.86. The molecule has 1 heterocycles. The van der Waals surface area contributed by atoms with Crippen molar-refractivity contribution in [3.63, 3.8) is 0 Å². The smallest absolute Gasteiger partial charge is 0.257 e. The summed E-state index contributed by atoms with van der Waals surface area (Å²) in [6.45, 7) is 0. The molecule has 0 bridgehead atoms. The van der Waals surface area contributed by atoms with Crippen LogP contribution >= 0.6 is 0 Å². The quantitative estimate of drug-likeness (QED) is 0.431. The Balaban J connectivity index is 1.82. The van der Waals surface area contributed by atoms with Crippen LogP contribution in [0.5, 0.6) is 11.5 Å². The third-order valence-electron chi connectivity index (χ3n) is 5.11. The van der Waals surface area contributed by atoms with Crippen LogP contribution in [-0.2, 0) is 0 Å². The summed E-state index contributed by atoms with van der Waals surface area (Å²) >= 11 is 0. The van der Waals surface area contributed by atoms with Crippen LogP contribution < -0.4 is 14.2 Å². The summed E-state index contributed by atoms with van der Waals surface area (Å²) in [5.74, 6) is 1.63. The van der Waals surface area contributed by atoms with Gasteiger partial charge in [-0.1, -0.05) is 18.2 Å². The molecular formula is C24H20N3O2+. The van der Waals surface area contributed by atoms with E-state index in [-0.39, 0.29) is 0 Å². The van der Waals surface area contributed by atoms with Gasteiger partial charge in [0.2, 0.25) is 5.52 Å². The topological polar surface area (TPSA) is 40.2 Å². The van der Waals surface area contributed by atoms with Gasteiger partial charge in [-0.2, -0.15) is 0 Å². The second kappa shape index (κ2) is 6.95. The number of rotatable bonds is 4. The Morgan fingerprint density at radius 3 is 2.07 bits per heavy atom. The summed E-state index contributed by atoms with van der Waals surface area (Å²) in [6, 6.07) is 28.5. The molecule has 1 aromatic heterocycles. The first-order chi connectivity index (χ1) is 14.3. The van der Waals surface area contributed by atoms with Crippen molar-refractivity contribution in [3.8, 4) is 22.9 Å². The van der Waals surface area contributed by atoms with E-state index in [1.54, 1.807) is 14.2 Å². The zero-order chi connectivity index (χ0) is 19.8. The SMILES string of the molecule is COc1ccc(-n2nc3c4ccccc4ccc3[n+]2-c2ccc(OC)cc2)cc1. The highest BCUT2D eigenvalue weighted by molar-refractivity contribution is 6.02. The molecule has 0 aliphatic carbocycles. The molecule has 5 heteroatoms. The van der Waals surface area contributed by atoms with Gasteiger partial charge in [-0.05, 0) is 76.9 Å². The van der Waals surface area contributed by atoms with E-state index in [9.17, 15) is 0 Å². The third kappa shape index (κ3) is 2.88. The van der Waals surface area contributed by atoms with Gasteiger partial charge in [-0.3, -0.25) is 0 Å². The van der Waals surface area contributed by atoms with Crippen molar-refractivity contribution in [1.82, 2.24) is 9.90 Å². The van der Waals surface area contributed by atoms with Crippen LogP contribution in [0, 0.1) is 0 Å².